The Balaban J connectivity index is 0.967. The topological polar surface area (TPSA) is 19.6 Å². The third-order valence-corrected chi connectivity index (χ3v) is 15.1. The van der Waals surface area contributed by atoms with Crippen LogP contribution in [0.3, 0.4) is 0 Å². The summed E-state index contributed by atoms with van der Waals surface area (Å²) in [6, 6.07) is 87.1. The maximum Gasteiger partial charge on any atom is 0.136 e. The zero-order valence-corrected chi connectivity index (χ0v) is 44.0. The van der Waals surface area contributed by atoms with E-state index in [4.69, 9.17) is 4.42 Å². The van der Waals surface area contributed by atoms with Crippen molar-refractivity contribution in [2.75, 3.05) is 9.80 Å². The highest BCUT2D eigenvalue weighted by atomic mass is 16.3. The molecular formula is C72H62N2O. The molecule has 366 valence electrons. The summed E-state index contributed by atoms with van der Waals surface area (Å²) in [5, 5.41) is 6.77. The molecule has 0 saturated carbocycles. The Labute approximate surface area is 442 Å². The number of furan rings is 1. The molecule has 1 heterocycles. The van der Waals surface area contributed by atoms with Gasteiger partial charge >= 0.3 is 0 Å². The van der Waals surface area contributed by atoms with Gasteiger partial charge in [0.1, 0.15) is 11.2 Å². The van der Waals surface area contributed by atoms with E-state index in [2.05, 4.69) is 295 Å². The first-order valence-electron chi connectivity index (χ1n) is 26.5. The third-order valence-electron chi connectivity index (χ3n) is 15.1. The van der Waals surface area contributed by atoms with E-state index >= 15 is 0 Å². The second-order valence-electron chi connectivity index (χ2n) is 21.8. The largest absolute Gasteiger partial charge is 0.456 e. The fourth-order valence-corrected chi connectivity index (χ4v) is 10.9. The highest BCUT2D eigenvalue weighted by molar-refractivity contribution is 6.14. The summed E-state index contributed by atoms with van der Waals surface area (Å²) in [5.74, 6) is 0.925. The SMILES string of the molecule is CC(C)c1ccc(-c2ccccc2N(c2ccc(C(C)(C)C)cc2)c2ccc3cc4c(cc3c2)oc2cc3cc(N(c5cccc(-c6ccccc6)c5)c5ccccc5-c5ccc(C(C)C)cc5)ccc3cc24)cc1. The van der Waals surface area contributed by atoms with E-state index in [-0.39, 0.29) is 5.41 Å². The van der Waals surface area contributed by atoms with Crippen molar-refractivity contribution in [2.45, 2.75) is 65.7 Å². The normalized spacial score (nSPS) is 11.9. The minimum Gasteiger partial charge on any atom is -0.456 e. The first kappa shape index (κ1) is 47.4. The van der Waals surface area contributed by atoms with Gasteiger partial charge in [-0.3, -0.25) is 0 Å². The highest BCUT2D eigenvalue weighted by Gasteiger charge is 2.22. The average Bonchev–Trinajstić information content (AvgIpc) is 3.80. The molecule has 3 nitrogen and oxygen atoms in total. The van der Waals surface area contributed by atoms with Crippen molar-refractivity contribution in [3.8, 4) is 33.4 Å². The molecule has 0 atom stereocenters. The number of hydrogen-bond acceptors (Lipinski definition) is 3. The van der Waals surface area contributed by atoms with Crippen LogP contribution in [0.5, 0.6) is 0 Å². The summed E-state index contributed by atoms with van der Waals surface area (Å²) in [7, 11) is 0. The molecule has 0 amide bonds. The second-order valence-corrected chi connectivity index (χ2v) is 21.8. The van der Waals surface area contributed by atoms with Crippen molar-refractivity contribution in [2.24, 2.45) is 0 Å². The van der Waals surface area contributed by atoms with Crippen LogP contribution in [-0.2, 0) is 5.41 Å². The summed E-state index contributed by atoms with van der Waals surface area (Å²) in [6.07, 6.45) is 0. The number of hydrogen-bond donors (Lipinski definition) is 0. The Kier molecular flexibility index (Phi) is 12.2. The lowest BCUT2D eigenvalue weighted by Gasteiger charge is -2.29. The smallest absolute Gasteiger partial charge is 0.136 e. The van der Waals surface area contributed by atoms with Crippen molar-refractivity contribution in [3.63, 3.8) is 0 Å². The summed E-state index contributed by atoms with van der Waals surface area (Å²) in [4.78, 5) is 4.82. The zero-order valence-electron chi connectivity index (χ0n) is 44.0. The van der Waals surface area contributed by atoms with Gasteiger partial charge in [0.05, 0.1) is 11.4 Å². The standard InChI is InChI=1S/C72H62N2O/c1-47(2)49-24-28-52(29-25-49)64-20-11-13-22-68(64)73(60-38-34-59(35-39-60)72(5,6)7)62-36-32-55-43-66-67-44-56-33-37-63(42-58(56)46-71(67)75-70(66)45-57(55)41-62)74(61-19-15-18-54(40-61)51-16-9-8-10-17-51)69-23-14-12-21-65(69)53-30-26-50(27-31-53)48(3)4/h8-48H,1-7H3. The lowest BCUT2D eigenvalue weighted by molar-refractivity contribution is 0.590. The predicted octanol–water partition coefficient (Wildman–Crippen LogP) is 21.4. The predicted molar refractivity (Wildman–Crippen MR) is 321 cm³/mol. The van der Waals surface area contributed by atoms with E-state index < -0.39 is 0 Å². The molecule has 3 heteroatoms. The van der Waals surface area contributed by atoms with Crippen molar-refractivity contribution < 1.29 is 4.42 Å². The second kappa shape index (κ2) is 19.3. The summed E-state index contributed by atoms with van der Waals surface area (Å²) < 4.78 is 6.90. The molecule has 0 aliphatic carbocycles. The molecule has 75 heavy (non-hydrogen) atoms. The number of anilines is 6. The Bertz CT molecular complexity index is 4030. The van der Waals surface area contributed by atoms with Crippen LogP contribution in [0, 0.1) is 0 Å². The Hall–Kier alpha value is -8.66. The van der Waals surface area contributed by atoms with Crippen LogP contribution in [0.15, 0.2) is 241 Å². The molecule has 0 radical (unpaired) electrons. The quantitative estimate of drug-likeness (QED) is 0.129. The molecule has 0 saturated heterocycles. The van der Waals surface area contributed by atoms with E-state index in [0.29, 0.717) is 11.8 Å². The third kappa shape index (κ3) is 9.14. The number of rotatable bonds is 11. The van der Waals surface area contributed by atoms with Gasteiger partial charge in [-0.2, -0.15) is 0 Å². The maximum absolute atomic E-state index is 6.90. The van der Waals surface area contributed by atoms with Gasteiger partial charge in [0.2, 0.25) is 0 Å². The summed E-state index contributed by atoms with van der Waals surface area (Å²) in [5.41, 5.74) is 19.4. The molecule has 0 aliphatic rings. The van der Waals surface area contributed by atoms with E-state index in [1.165, 1.54) is 50.1 Å². The van der Waals surface area contributed by atoms with Crippen LogP contribution in [0.25, 0.3) is 76.9 Å². The lowest BCUT2D eigenvalue weighted by Crippen LogP contribution is -2.13. The Morgan fingerprint density at radius 2 is 0.773 bits per heavy atom. The first-order valence-corrected chi connectivity index (χ1v) is 26.5. The van der Waals surface area contributed by atoms with Gasteiger partial charge in [-0.15, -0.1) is 0 Å². The molecule has 12 rings (SSSR count). The number of nitrogens with zero attached hydrogens (tertiary/aromatic N) is 2. The minimum absolute atomic E-state index is 0.0388. The van der Waals surface area contributed by atoms with Crippen molar-refractivity contribution in [1.82, 2.24) is 0 Å². The maximum atomic E-state index is 6.90. The number of para-hydroxylation sites is 2. The molecule has 0 bridgehead atoms. The van der Waals surface area contributed by atoms with Gasteiger partial charge in [-0.05, 0) is 163 Å². The molecule has 12 aromatic rings. The van der Waals surface area contributed by atoms with Crippen LogP contribution in [0.1, 0.15) is 77.0 Å². The molecule has 0 unspecified atom stereocenters. The lowest BCUT2D eigenvalue weighted by atomic mass is 9.87. The Morgan fingerprint density at radius 1 is 0.333 bits per heavy atom. The van der Waals surface area contributed by atoms with E-state index in [9.17, 15) is 0 Å². The van der Waals surface area contributed by atoms with E-state index in [1.54, 1.807) is 0 Å². The van der Waals surface area contributed by atoms with Gasteiger partial charge in [0, 0.05) is 44.6 Å². The van der Waals surface area contributed by atoms with Crippen LogP contribution in [0.2, 0.25) is 0 Å². The first-order chi connectivity index (χ1) is 36.4. The zero-order chi connectivity index (χ0) is 51.4. The van der Waals surface area contributed by atoms with Crippen LogP contribution in [-0.4, -0.2) is 0 Å². The number of benzene rings is 11. The molecule has 11 aromatic carbocycles. The summed E-state index contributed by atoms with van der Waals surface area (Å²) in [6.45, 7) is 15.8. The van der Waals surface area contributed by atoms with Gasteiger partial charge in [0.15, 0.2) is 0 Å². The van der Waals surface area contributed by atoms with Gasteiger partial charge in [-0.1, -0.05) is 200 Å². The molecule has 0 N–H and O–H groups in total. The van der Waals surface area contributed by atoms with Gasteiger partial charge in [-0.25, -0.2) is 0 Å². The van der Waals surface area contributed by atoms with Crippen molar-refractivity contribution in [3.05, 3.63) is 253 Å². The van der Waals surface area contributed by atoms with Crippen LogP contribution >= 0.6 is 0 Å². The van der Waals surface area contributed by atoms with Crippen LogP contribution in [0.4, 0.5) is 34.1 Å². The molecule has 0 aliphatic heterocycles. The summed E-state index contributed by atoms with van der Waals surface area (Å²) >= 11 is 0. The fraction of sp³-hybridized carbons (Fsp3) is 0.139. The van der Waals surface area contributed by atoms with Crippen molar-refractivity contribution >= 4 is 77.6 Å². The van der Waals surface area contributed by atoms with E-state index in [1.807, 2.05) is 0 Å². The van der Waals surface area contributed by atoms with E-state index in [0.717, 1.165) is 77.6 Å². The molecule has 1 aromatic heterocycles. The van der Waals surface area contributed by atoms with Gasteiger partial charge < -0.3 is 14.2 Å². The monoisotopic (exact) mass is 970 g/mol. The fourth-order valence-electron chi connectivity index (χ4n) is 10.9. The Morgan fingerprint density at radius 3 is 1.27 bits per heavy atom. The molecule has 0 spiro atoms. The number of fused-ring (bicyclic) bond motifs is 5. The highest BCUT2D eigenvalue weighted by Crippen LogP contribution is 2.46. The van der Waals surface area contributed by atoms with Crippen molar-refractivity contribution in [1.29, 1.82) is 0 Å². The average molecular weight is 971 g/mol. The minimum atomic E-state index is 0.0388. The van der Waals surface area contributed by atoms with Crippen LogP contribution < -0.4 is 9.80 Å². The molecule has 0 fully saturated rings. The van der Waals surface area contributed by atoms with Gasteiger partial charge in [0.25, 0.3) is 0 Å². The molecular weight excluding hydrogens is 909 g/mol.